The largest absolute Gasteiger partial charge is 0.493 e. The molecule has 7 heteroatoms. The van der Waals surface area contributed by atoms with Crippen molar-refractivity contribution in [2.24, 2.45) is 0 Å². The summed E-state index contributed by atoms with van der Waals surface area (Å²) in [5.41, 5.74) is 1.98. The molecule has 31 heavy (non-hydrogen) atoms. The highest BCUT2D eigenvalue weighted by Crippen LogP contribution is 2.38. The molecule has 0 unspecified atom stereocenters. The number of methoxy groups -OCH3 is 1. The number of ether oxygens (including phenoxy) is 2. The Kier molecular flexibility index (Phi) is 6.83. The fraction of sp³-hybridized carbons (Fsp3) is 0.167. The minimum Gasteiger partial charge on any atom is -0.493 e. The second-order valence-corrected chi connectivity index (χ2v) is 9.72. The number of carbonyl (C=O) groups excluding carboxylic acids is 1. The standard InChI is InChI=1S/C24H20INO3S2/c1-3-26-23(27)21(31-24(26)30)13-15-11-19(25)22(20(12-15)28-2)29-14-17-9-6-8-16-7-4-5-10-18(16)17/h4-13H,3,14H2,1-2H3/b21-13-. The molecule has 3 aromatic rings. The lowest BCUT2D eigenvalue weighted by Gasteiger charge is -2.15. The Morgan fingerprint density at radius 2 is 1.94 bits per heavy atom. The van der Waals surface area contributed by atoms with E-state index in [0.717, 1.165) is 14.7 Å². The summed E-state index contributed by atoms with van der Waals surface area (Å²) in [6.07, 6.45) is 1.86. The molecular weight excluding hydrogens is 541 g/mol. The normalized spacial score (nSPS) is 15.2. The van der Waals surface area contributed by atoms with Crippen LogP contribution in [0.4, 0.5) is 0 Å². The lowest BCUT2D eigenvalue weighted by molar-refractivity contribution is -0.121. The molecule has 1 heterocycles. The summed E-state index contributed by atoms with van der Waals surface area (Å²) in [6, 6.07) is 18.4. The molecule has 158 valence electrons. The van der Waals surface area contributed by atoms with Crippen molar-refractivity contribution < 1.29 is 14.3 Å². The van der Waals surface area contributed by atoms with Crippen molar-refractivity contribution in [3.05, 3.63) is 74.2 Å². The van der Waals surface area contributed by atoms with E-state index in [1.54, 1.807) is 12.0 Å². The van der Waals surface area contributed by atoms with Crippen molar-refractivity contribution in [1.29, 1.82) is 0 Å². The van der Waals surface area contributed by atoms with Gasteiger partial charge in [-0.3, -0.25) is 9.69 Å². The van der Waals surface area contributed by atoms with Gasteiger partial charge in [0, 0.05) is 6.54 Å². The molecule has 0 bridgehead atoms. The molecule has 0 aliphatic carbocycles. The van der Waals surface area contributed by atoms with Gasteiger partial charge in [0.1, 0.15) is 10.9 Å². The van der Waals surface area contributed by atoms with Gasteiger partial charge < -0.3 is 9.47 Å². The van der Waals surface area contributed by atoms with Gasteiger partial charge in [0.25, 0.3) is 5.91 Å². The van der Waals surface area contributed by atoms with Crippen LogP contribution in [0.1, 0.15) is 18.1 Å². The molecule has 1 aliphatic heterocycles. The van der Waals surface area contributed by atoms with E-state index in [0.29, 0.717) is 33.9 Å². The van der Waals surface area contributed by atoms with Crippen LogP contribution in [0.2, 0.25) is 0 Å². The highest BCUT2D eigenvalue weighted by atomic mass is 127. The molecule has 1 saturated heterocycles. The fourth-order valence-corrected chi connectivity index (χ4v) is 5.62. The van der Waals surface area contributed by atoms with E-state index in [1.165, 1.54) is 22.5 Å². The predicted octanol–water partition coefficient (Wildman–Crippen LogP) is 6.25. The Bertz CT molecular complexity index is 1200. The molecule has 1 aliphatic rings. The summed E-state index contributed by atoms with van der Waals surface area (Å²) in [4.78, 5) is 14.7. The summed E-state index contributed by atoms with van der Waals surface area (Å²) in [6.45, 7) is 2.92. The number of hydrogen-bond acceptors (Lipinski definition) is 5. The number of nitrogens with zero attached hydrogens (tertiary/aromatic N) is 1. The van der Waals surface area contributed by atoms with Crippen molar-refractivity contribution in [2.45, 2.75) is 13.5 Å². The predicted molar refractivity (Wildman–Crippen MR) is 140 cm³/mol. The quantitative estimate of drug-likeness (QED) is 0.202. The molecule has 0 atom stereocenters. The molecule has 3 aromatic carbocycles. The van der Waals surface area contributed by atoms with E-state index in [1.807, 2.05) is 43.3 Å². The second-order valence-electron chi connectivity index (χ2n) is 6.89. The number of amides is 1. The molecule has 0 radical (unpaired) electrons. The van der Waals surface area contributed by atoms with Crippen molar-refractivity contribution in [2.75, 3.05) is 13.7 Å². The molecule has 1 fully saturated rings. The lowest BCUT2D eigenvalue weighted by atomic mass is 10.1. The Labute approximate surface area is 204 Å². The molecule has 4 rings (SSSR count). The minimum atomic E-state index is -0.0530. The number of likely N-dealkylation sites (N-methyl/N-ethyl adjacent to an activating group) is 1. The van der Waals surface area contributed by atoms with E-state index in [9.17, 15) is 4.79 Å². The zero-order chi connectivity index (χ0) is 22.0. The maximum absolute atomic E-state index is 12.5. The third kappa shape index (κ3) is 4.58. The van der Waals surface area contributed by atoms with Gasteiger partial charge in [-0.15, -0.1) is 0 Å². The Morgan fingerprint density at radius 1 is 1.16 bits per heavy atom. The van der Waals surface area contributed by atoms with E-state index in [4.69, 9.17) is 21.7 Å². The number of thioether (sulfide) groups is 1. The van der Waals surface area contributed by atoms with Crippen LogP contribution in [0.5, 0.6) is 11.5 Å². The van der Waals surface area contributed by atoms with Crippen molar-refractivity contribution >= 4 is 73.6 Å². The minimum absolute atomic E-state index is 0.0530. The zero-order valence-corrected chi connectivity index (χ0v) is 20.8. The zero-order valence-electron chi connectivity index (χ0n) is 17.1. The van der Waals surface area contributed by atoms with Crippen molar-refractivity contribution in [3.63, 3.8) is 0 Å². The average molecular weight is 561 g/mol. The van der Waals surface area contributed by atoms with Gasteiger partial charge in [-0.2, -0.15) is 0 Å². The van der Waals surface area contributed by atoms with Crippen LogP contribution in [0.3, 0.4) is 0 Å². The summed E-state index contributed by atoms with van der Waals surface area (Å²) in [5.74, 6) is 1.27. The van der Waals surface area contributed by atoms with Gasteiger partial charge in [-0.1, -0.05) is 66.4 Å². The molecule has 4 nitrogen and oxygen atoms in total. The molecule has 0 saturated carbocycles. The first-order chi connectivity index (χ1) is 15.0. The fourth-order valence-electron chi connectivity index (χ4n) is 3.46. The third-order valence-corrected chi connectivity index (χ3v) is 7.17. The number of benzene rings is 3. The smallest absolute Gasteiger partial charge is 0.266 e. The Morgan fingerprint density at radius 3 is 2.68 bits per heavy atom. The van der Waals surface area contributed by atoms with Gasteiger partial charge in [-0.25, -0.2) is 0 Å². The van der Waals surface area contributed by atoms with Crippen molar-refractivity contribution in [3.8, 4) is 11.5 Å². The SMILES string of the molecule is CCN1C(=O)/C(=C/c2cc(I)c(OCc3cccc4ccccc34)c(OC)c2)SC1=S. The molecule has 1 amide bonds. The van der Waals surface area contributed by atoms with Gasteiger partial charge >= 0.3 is 0 Å². The van der Waals surface area contributed by atoms with Crippen LogP contribution in [-0.4, -0.2) is 28.8 Å². The Hall–Kier alpha value is -2.10. The van der Waals surface area contributed by atoms with E-state index < -0.39 is 0 Å². The van der Waals surface area contributed by atoms with Gasteiger partial charge in [0.15, 0.2) is 11.5 Å². The summed E-state index contributed by atoms with van der Waals surface area (Å²) in [5, 5.41) is 2.36. The van der Waals surface area contributed by atoms with Gasteiger partial charge in [-0.05, 0) is 69.6 Å². The van der Waals surface area contributed by atoms with E-state index in [2.05, 4.69) is 46.9 Å². The van der Waals surface area contributed by atoms with Crippen molar-refractivity contribution in [1.82, 2.24) is 4.90 Å². The summed E-state index contributed by atoms with van der Waals surface area (Å²) >= 11 is 8.87. The first kappa shape index (κ1) is 22.1. The van der Waals surface area contributed by atoms with Crippen LogP contribution >= 0.6 is 46.6 Å². The van der Waals surface area contributed by atoms with Crippen LogP contribution < -0.4 is 9.47 Å². The van der Waals surface area contributed by atoms with Gasteiger partial charge in [0.05, 0.1) is 15.6 Å². The molecule has 0 N–H and O–H groups in total. The number of thiocarbonyl (C=S) groups is 1. The maximum atomic E-state index is 12.5. The van der Waals surface area contributed by atoms with E-state index in [-0.39, 0.29) is 5.91 Å². The third-order valence-electron chi connectivity index (χ3n) is 4.99. The number of carbonyl (C=O) groups is 1. The van der Waals surface area contributed by atoms with Crippen LogP contribution in [-0.2, 0) is 11.4 Å². The molecule has 0 spiro atoms. The average Bonchev–Trinajstić information content (AvgIpc) is 3.04. The molecule has 0 aromatic heterocycles. The highest BCUT2D eigenvalue weighted by Gasteiger charge is 2.30. The monoisotopic (exact) mass is 561 g/mol. The number of halogens is 1. The Balaban J connectivity index is 1.61. The van der Waals surface area contributed by atoms with Crippen LogP contribution in [0, 0.1) is 3.57 Å². The number of hydrogen-bond donors (Lipinski definition) is 0. The molecular formula is C24H20INO3S2. The lowest BCUT2D eigenvalue weighted by Crippen LogP contribution is -2.27. The summed E-state index contributed by atoms with van der Waals surface area (Å²) in [7, 11) is 1.62. The highest BCUT2D eigenvalue weighted by molar-refractivity contribution is 14.1. The number of rotatable bonds is 6. The second kappa shape index (κ2) is 9.58. The van der Waals surface area contributed by atoms with Crippen LogP contribution in [0.15, 0.2) is 59.5 Å². The topological polar surface area (TPSA) is 38.8 Å². The van der Waals surface area contributed by atoms with E-state index >= 15 is 0 Å². The number of fused-ring (bicyclic) bond motifs is 1. The van der Waals surface area contributed by atoms with Crippen LogP contribution in [0.25, 0.3) is 16.8 Å². The summed E-state index contributed by atoms with van der Waals surface area (Å²) < 4.78 is 13.3. The first-order valence-corrected chi connectivity index (χ1v) is 12.0. The maximum Gasteiger partial charge on any atom is 0.266 e. The first-order valence-electron chi connectivity index (χ1n) is 9.74. The van der Waals surface area contributed by atoms with Gasteiger partial charge in [0.2, 0.25) is 0 Å².